The second kappa shape index (κ2) is 6.53. The van der Waals surface area contributed by atoms with Crippen LogP contribution in [-0.2, 0) is 0 Å². The van der Waals surface area contributed by atoms with Crippen molar-refractivity contribution in [2.45, 2.75) is 61.2 Å². The highest BCUT2D eigenvalue weighted by molar-refractivity contribution is 7.99. The molecule has 2 N–H and O–H groups in total. The standard InChI is InChI=1S/C14H20N6S/c1-2-12(15)13-8-7-11(9-16-13)21-14-17-18-19-20(14)10-5-3-4-6-10/h7-10,12H,2-6,15H2,1H3. The Kier molecular flexibility index (Phi) is 4.50. The molecule has 1 atom stereocenters. The summed E-state index contributed by atoms with van der Waals surface area (Å²) < 4.78 is 1.96. The Morgan fingerprint density at radius 2 is 2.19 bits per heavy atom. The second-order valence-electron chi connectivity index (χ2n) is 5.38. The van der Waals surface area contributed by atoms with Crippen LogP contribution in [0.25, 0.3) is 0 Å². The fourth-order valence-electron chi connectivity index (χ4n) is 2.62. The minimum Gasteiger partial charge on any atom is -0.323 e. The van der Waals surface area contributed by atoms with E-state index < -0.39 is 0 Å². The van der Waals surface area contributed by atoms with Crippen LogP contribution in [0, 0.1) is 0 Å². The number of aromatic nitrogens is 5. The highest BCUT2D eigenvalue weighted by Gasteiger charge is 2.22. The highest BCUT2D eigenvalue weighted by atomic mass is 32.2. The Balaban J connectivity index is 1.73. The molecule has 1 fully saturated rings. The lowest BCUT2D eigenvalue weighted by Crippen LogP contribution is -2.10. The minimum atomic E-state index is 0.00728. The summed E-state index contributed by atoms with van der Waals surface area (Å²) in [5, 5.41) is 13.0. The van der Waals surface area contributed by atoms with Gasteiger partial charge in [-0.2, -0.15) is 0 Å². The van der Waals surface area contributed by atoms with Crippen LogP contribution in [-0.4, -0.2) is 25.2 Å². The zero-order valence-corrected chi connectivity index (χ0v) is 13.0. The molecule has 0 spiro atoms. The Morgan fingerprint density at radius 1 is 1.38 bits per heavy atom. The van der Waals surface area contributed by atoms with Crippen LogP contribution >= 0.6 is 11.8 Å². The molecular formula is C14H20N6S. The van der Waals surface area contributed by atoms with Crippen LogP contribution in [0.5, 0.6) is 0 Å². The Hall–Kier alpha value is -1.47. The zero-order valence-electron chi connectivity index (χ0n) is 12.1. The van der Waals surface area contributed by atoms with Gasteiger partial charge in [0.05, 0.1) is 11.7 Å². The summed E-state index contributed by atoms with van der Waals surface area (Å²) in [7, 11) is 0. The fourth-order valence-corrected chi connectivity index (χ4v) is 3.43. The van der Waals surface area contributed by atoms with Crippen molar-refractivity contribution in [3.05, 3.63) is 24.0 Å². The lowest BCUT2D eigenvalue weighted by atomic mass is 10.1. The summed E-state index contributed by atoms with van der Waals surface area (Å²) in [5.41, 5.74) is 6.91. The van der Waals surface area contributed by atoms with E-state index in [2.05, 4.69) is 27.4 Å². The molecule has 1 aliphatic rings. The predicted octanol–water partition coefficient (Wildman–Crippen LogP) is 2.74. The Bertz CT molecular complexity index is 575. The summed E-state index contributed by atoms with van der Waals surface area (Å²) in [4.78, 5) is 5.47. The molecule has 1 aliphatic carbocycles. The van der Waals surface area contributed by atoms with Crippen molar-refractivity contribution in [2.24, 2.45) is 5.73 Å². The molecule has 2 aromatic rings. The van der Waals surface area contributed by atoms with Gasteiger partial charge in [-0.15, -0.1) is 5.10 Å². The summed E-state index contributed by atoms with van der Waals surface area (Å²) in [5.74, 6) is 0. The van der Waals surface area contributed by atoms with Crippen LogP contribution in [0.2, 0.25) is 0 Å². The van der Waals surface area contributed by atoms with Crippen molar-refractivity contribution in [3.8, 4) is 0 Å². The van der Waals surface area contributed by atoms with Crippen molar-refractivity contribution in [1.82, 2.24) is 25.2 Å². The first-order chi connectivity index (χ1) is 10.3. The first kappa shape index (κ1) is 14.5. The van der Waals surface area contributed by atoms with E-state index in [1.165, 1.54) is 25.7 Å². The maximum absolute atomic E-state index is 5.98. The molecule has 0 aliphatic heterocycles. The topological polar surface area (TPSA) is 82.5 Å². The van der Waals surface area contributed by atoms with Crippen molar-refractivity contribution in [3.63, 3.8) is 0 Å². The van der Waals surface area contributed by atoms with Gasteiger partial charge >= 0.3 is 0 Å². The van der Waals surface area contributed by atoms with Crippen LogP contribution in [0.1, 0.15) is 56.8 Å². The molecule has 21 heavy (non-hydrogen) atoms. The highest BCUT2D eigenvalue weighted by Crippen LogP contribution is 2.33. The molecule has 2 heterocycles. The third-order valence-electron chi connectivity index (χ3n) is 3.92. The number of hydrogen-bond donors (Lipinski definition) is 1. The van der Waals surface area contributed by atoms with E-state index in [9.17, 15) is 0 Å². The monoisotopic (exact) mass is 304 g/mol. The molecule has 1 unspecified atom stereocenters. The van der Waals surface area contributed by atoms with Gasteiger partial charge in [-0.25, -0.2) is 4.68 Å². The third kappa shape index (κ3) is 3.24. The molecule has 2 aromatic heterocycles. The largest absolute Gasteiger partial charge is 0.323 e. The maximum Gasteiger partial charge on any atom is 0.214 e. The average molecular weight is 304 g/mol. The van der Waals surface area contributed by atoms with Crippen molar-refractivity contribution in [2.75, 3.05) is 0 Å². The Labute approximate surface area is 128 Å². The fraction of sp³-hybridized carbons (Fsp3) is 0.571. The number of tetrazole rings is 1. The van der Waals surface area contributed by atoms with Gasteiger partial charge in [-0.05, 0) is 53.6 Å². The van der Waals surface area contributed by atoms with Crippen molar-refractivity contribution < 1.29 is 0 Å². The van der Waals surface area contributed by atoms with Crippen LogP contribution < -0.4 is 5.73 Å². The number of nitrogens with zero attached hydrogens (tertiary/aromatic N) is 5. The van der Waals surface area contributed by atoms with E-state index in [0.29, 0.717) is 6.04 Å². The molecule has 6 nitrogen and oxygen atoms in total. The first-order valence-corrected chi connectivity index (χ1v) is 8.27. The third-order valence-corrected chi connectivity index (χ3v) is 4.85. The van der Waals surface area contributed by atoms with E-state index >= 15 is 0 Å². The second-order valence-corrected chi connectivity index (χ2v) is 6.42. The summed E-state index contributed by atoms with van der Waals surface area (Å²) >= 11 is 1.56. The number of pyridine rings is 1. The van der Waals surface area contributed by atoms with E-state index in [4.69, 9.17) is 5.73 Å². The molecular weight excluding hydrogens is 284 g/mol. The van der Waals surface area contributed by atoms with Crippen molar-refractivity contribution >= 4 is 11.8 Å². The molecule has 0 bridgehead atoms. The Morgan fingerprint density at radius 3 is 2.86 bits per heavy atom. The quantitative estimate of drug-likeness (QED) is 0.914. The number of hydrogen-bond acceptors (Lipinski definition) is 6. The predicted molar refractivity (Wildman–Crippen MR) is 80.9 cm³/mol. The molecule has 0 aromatic carbocycles. The summed E-state index contributed by atoms with van der Waals surface area (Å²) in [6, 6.07) is 4.48. The number of nitrogens with two attached hydrogens (primary N) is 1. The van der Waals surface area contributed by atoms with Gasteiger partial charge in [0.15, 0.2) is 0 Å². The van der Waals surface area contributed by atoms with Gasteiger partial charge < -0.3 is 5.73 Å². The van der Waals surface area contributed by atoms with Gasteiger partial charge in [-0.1, -0.05) is 19.8 Å². The molecule has 112 valence electrons. The van der Waals surface area contributed by atoms with Gasteiger partial charge in [0.1, 0.15) is 0 Å². The summed E-state index contributed by atoms with van der Waals surface area (Å²) in [6.07, 6.45) is 7.60. The van der Waals surface area contributed by atoms with Gasteiger partial charge in [0.25, 0.3) is 0 Å². The lowest BCUT2D eigenvalue weighted by Gasteiger charge is -2.11. The summed E-state index contributed by atoms with van der Waals surface area (Å²) in [6.45, 7) is 2.06. The molecule has 0 radical (unpaired) electrons. The van der Waals surface area contributed by atoms with Gasteiger partial charge in [0, 0.05) is 17.1 Å². The van der Waals surface area contributed by atoms with E-state index in [0.717, 1.165) is 22.2 Å². The van der Waals surface area contributed by atoms with E-state index in [1.807, 2.05) is 23.0 Å². The molecule has 0 amide bonds. The zero-order chi connectivity index (χ0) is 14.7. The first-order valence-electron chi connectivity index (χ1n) is 7.45. The molecule has 3 rings (SSSR count). The van der Waals surface area contributed by atoms with Gasteiger partial charge in [0.2, 0.25) is 5.16 Å². The van der Waals surface area contributed by atoms with Gasteiger partial charge in [-0.3, -0.25) is 4.98 Å². The SMILES string of the molecule is CCC(N)c1ccc(Sc2nnnn2C2CCCC2)cn1. The molecule has 0 saturated heterocycles. The van der Waals surface area contributed by atoms with E-state index in [-0.39, 0.29) is 6.04 Å². The van der Waals surface area contributed by atoms with Crippen molar-refractivity contribution in [1.29, 1.82) is 0 Å². The normalized spacial score (nSPS) is 17.2. The maximum atomic E-state index is 5.98. The average Bonchev–Trinajstić information content (AvgIpc) is 3.18. The van der Waals surface area contributed by atoms with Crippen LogP contribution in [0.15, 0.2) is 28.4 Å². The lowest BCUT2D eigenvalue weighted by molar-refractivity contribution is 0.423. The molecule has 7 heteroatoms. The smallest absolute Gasteiger partial charge is 0.214 e. The number of rotatable bonds is 5. The minimum absolute atomic E-state index is 0.00728. The van der Waals surface area contributed by atoms with Crippen LogP contribution in [0.3, 0.4) is 0 Å². The van der Waals surface area contributed by atoms with Crippen LogP contribution in [0.4, 0.5) is 0 Å². The van der Waals surface area contributed by atoms with E-state index in [1.54, 1.807) is 11.8 Å². The molecule has 1 saturated carbocycles.